The van der Waals surface area contributed by atoms with E-state index in [9.17, 15) is 9.90 Å². The van der Waals surface area contributed by atoms with Crippen molar-refractivity contribution in [2.45, 2.75) is 46.0 Å². The first-order chi connectivity index (χ1) is 6.64. The molecule has 0 spiro atoms. The molecule has 0 aromatic rings. The predicted molar refractivity (Wildman–Crippen MR) is 56.0 cm³/mol. The maximum absolute atomic E-state index is 11.2. The standard InChI is InChI=1S/C11H22O3/c1-4-6-7-11(5-2,9-12)8-10(13)14-3/h12H,4-9H2,1-3H3. The van der Waals surface area contributed by atoms with Crippen LogP contribution in [-0.2, 0) is 9.53 Å². The highest BCUT2D eigenvalue weighted by Gasteiger charge is 2.30. The average molecular weight is 202 g/mol. The van der Waals surface area contributed by atoms with Crippen LogP contribution in [0.5, 0.6) is 0 Å². The fourth-order valence-electron chi connectivity index (χ4n) is 1.57. The molecule has 1 N–H and O–H groups in total. The minimum atomic E-state index is -0.261. The molecule has 0 heterocycles. The lowest BCUT2D eigenvalue weighted by Gasteiger charge is -2.29. The molecule has 0 aliphatic rings. The number of carbonyl (C=O) groups is 1. The fourth-order valence-corrected chi connectivity index (χ4v) is 1.57. The smallest absolute Gasteiger partial charge is 0.306 e. The number of aliphatic hydroxyl groups excluding tert-OH is 1. The first kappa shape index (κ1) is 13.4. The Bertz CT molecular complexity index is 162. The van der Waals surface area contributed by atoms with E-state index in [1.807, 2.05) is 6.92 Å². The number of hydrogen-bond acceptors (Lipinski definition) is 3. The Morgan fingerprint density at radius 2 is 2.07 bits per heavy atom. The largest absolute Gasteiger partial charge is 0.469 e. The number of ether oxygens (including phenoxy) is 1. The molecule has 0 amide bonds. The summed E-state index contributed by atoms with van der Waals surface area (Å²) in [6.45, 7) is 4.18. The van der Waals surface area contributed by atoms with Gasteiger partial charge in [-0.05, 0) is 12.8 Å². The summed E-state index contributed by atoms with van der Waals surface area (Å²) < 4.78 is 4.64. The van der Waals surface area contributed by atoms with Gasteiger partial charge in [0.1, 0.15) is 0 Å². The number of carbonyl (C=O) groups excluding carboxylic acids is 1. The Hall–Kier alpha value is -0.570. The first-order valence-corrected chi connectivity index (χ1v) is 5.31. The lowest BCUT2D eigenvalue weighted by atomic mass is 9.78. The van der Waals surface area contributed by atoms with Crippen LogP contribution in [0.2, 0.25) is 0 Å². The second-order valence-corrected chi connectivity index (χ2v) is 3.87. The second-order valence-electron chi connectivity index (χ2n) is 3.87. The van der Waals surface area contributed by atoms with Crippen molar-refractivity contribution in [3.8, 4) is 0 Å². The molecule has 0 aromatic carbocycles. The van der Waals surface area contributed by atoms with E-state index in [0.717, 1.165) is 25.7 Å². The van der Waals surface area contributed by atoms with Gasteiger partial charge in [0, 0.05) is 12.0 Å². The molecular weight excluding hydrogens is 180 g/mol. The second kappa shape index (κ2) is 6.82. The third-order valence-electron chi connectivity index (χ3n) is 2.89. The molecule has 84 valence electrons. The number of unbranched alkanes of at least 4 members (excludes halogenated alkanes) is 1. The fraction of sp³-hybridized carbons (Fsp3) is 0.909. The van der Waals surface area contributed by atoms with Crippen molar-refractivity contribution in [1.29, 1.82) is 0 Å². The number of aliphatic hydroxyl groups is 1. The van der Waals surface area contributed by atoms with Gasteiger partial charge >= 0.3 is 5.97 Å². The summed E-state index contributed by atoms with van der Waals surface area (Å²) in [6, 6.07) is 0. The lowest BCUT2D eigenvalue weighted by molar-refractivity contribution is -0.144. The Morgan fingerprint density at radius 1 is 1.43 bits per heavy atom. The molecule has 0 aliphatic heterocycles. The van der Waals surface area contributed by atoms with E-state index in [2.05, 4.69) is 11.7 Å². The molecule has 0 saturated carbocycles. The number of hydrogen-bond donors (Lipinski definition) is 1. The van der Waals surface area contributed by atoms with Crippen molar-refractivity contribution >= 4 is 5.97 Å². The van der Waals surface area contributed by atoms with Crippen molar-refractivity contribution in [2.75, 3.05) is 13.7 Å². The lowest BCUT2D eigenvalue weighted by Crippen LogP contribution is -2.28. The Labute approximate surface area is 86.5 Å². The highest BCUT2D eigenvalue weighted by molar-refractivity contribution is 5.70. The predicted octanol–water partition coefficient (Wildman–Crippen LogP) is 2.13. The van der Waals surface area contributed by atoms with Crippen LogP contribution in [0.15, 0.2) is 0 Å². The van der Waals surface area contributed by atoms with Gasteiger partial charge in [-0.2, -0.15) is 0 Å². The zero-order valence-electron chi connectivity index (χ0n) is 9.51. The SMILES string of the molecule is CCCCC(CC)(CO)CC(=O)OC. The van der Waals surface area contributed by atoms with Crippen molar-refractivity contribution in [3.05, 3.63) is 0 Å². The van der Waals surface area contributed by atoms with E-state index in [1.54, 1.807) is 0 Å². The van der Waals surface area contributed by atoms with Crippen molar-refractivity contribution in [2.24, 2.45) is 5.41 Å². The number of methoxy groups -OCH3 is 1. The van der Waals surface area contributed by atoms with Gasteiger partial charge in [0.05, 0.1) is 13.5 Å². The molecule has 0 fully saturated rings. The van der Waals surface area contributed by atoms with Gasteiger partial charge in [-0.3, -0.25) is 4.79 Å². The third-order valence-corrected chi connectivity index (χ3v) is 2.89. The average Bonchev–Trinajstić information content (AvgIpc) is 2.24. The number of esters is 1. The van der Waals surface area contributed by atoms with Crippen LogP contribution in [-0.4, -0.2) is 24.8 Å². The summed E-state index contributed by atoms with van der Waals surface area (Å²) >= 11 is 0. The molecule has 1 atom stereocenters. The summed E-state index contributed by atoms with van der Waals surface area (Å²) in [4.78, 5) is 11.2. The van der Waals surface area contributed by atoms with Gasteiger partial charge in [0.2, 0.25) is 0 Å². The Kier molecular flexibility index (Phi) is 6.54. The van der Waals surface area contributed by atoms with Gasteiger partial charge in [0.15, 0.2) is 0 Å². The van der Waals surface area contributed by atoms with Crippen LogP contribution in [0, 0.1) is 5.41 Å². The van der Waals surface area contributed by atoms with E-state index in [4.69, 9.17) is 0 Å². The zero-order chi connectivity index (χ0) is 11.0. The van der Waals surface area contributed by atoms with E-state index in [1.165, 1.54) is 7.11 Å². The molecule has 3 heteroatoms. The van der Waals surface area contributed by atoms with E-state index >= 15 is 0 Å². The van der Waals surface area contributed by atoms with Gasteiger partial charge in [-0.25, -0.2) is 0 Å². The van der Waals surface area contributed by atoms with E-state index in [-0.39, 0.29) is 18.0 Å². The van der Waals surface area contributed by atoms with Gasteiger partial charge in [0.25, 0.3) is 0 Å². The van der Waals surface area contributed by atoms with Crippen molar-refractivity contribution in [1.82, 2.24) is 0 Å². The quantitative estimate of drug-likeness (QED) is 0.643. The summed E-state index contributed by atoms with van der Waals surface area (Å²) in [5, 5.41) is 9.34. The van der Waals surface area contributed by atoms with E-state index in [0.29, 0.717) is 6.42 Å². The molecular formula is C11H22O3. The topological polar surface area (TPSA) is 46.5 Å². The highest BCUT2D eigenvalue weighted by Crippen LogP contribution is 2.32. The summed E-state index contributed by atoms with van der Waals surface area (Å²) in [5.41, 5.74) is -0.261. The normalized spacial score (nSPS) is 14.9. The molecule has 0 radical (unpaired) electrons. The van der Waals surface area contributed by atoms with Crippen LogP contribution in [0.4, 0.5) is 0 Å². The molecule has 14 heavy (non-hydrogen) atoms. The van der Waals surface area contributed by atoms with Gasteiger partial charge in [-0.1, -0.05) is 26.7 Å². The van der Waals surface area contributed by atoms with Crippen molar-refractivity contribution in [3.63, 3.8) is 0 Å². The zero-order valence-corrected chi connectivity index (χ0v) is 9.51. The molecule has 0 rings (SSSR count). The molecule has 1 unspecified atom stereocenters. The molecule has 0 saturated heterocycles. The van der Waals surface area contributed by atoms with Crippen molar-refractivity contribution < 1.29 is 14.6 Å². The number of rotatable bonds is 7. The monoisotopic (exact) mass is 202 g/mol. The molecule has 0 bridgehead atoms. The minimum absolute atomic E-state index is 0.0681. The minimum Gasteiger partial charge on any atom is -0.469 e. The molecule has 0 aromatic heterocycles. The first-order valence-electron chi connectivity index (χ1n) is 5.31. The van der Waals surface area contributed by atoms with Gasteiger partial charge in [-0.15, -0.1) is 0 Å². The summed E-state index contributed by atoms with van der Waals surface area (Å²) in [6.07, 6.45) is 4.18. The molecule has 0 aliphatic carbocycles. The van der Waals surface area contributed by atoms with Crippen LogP contribution in [0.25, 0.3) is 0 Å². The van der Waals surface area contributed by atoms with Crippen LogP contribution in [0.3, 0.4) is 0 Å². The van der Waals surface area contributed by atoms with Crippen LogP contribution in [0.1, 0.15) is 46.0 Å². The Balaban J connectivity index is 4.28. The third kappa shape index (κ3) is 4.09. The Morgan fingerprint density at radius 3 is 2.43 bits per heavy atom. The summed E-state index contributed by atoms with van der Waals surface area (Å²) in [7, 11) is 1.39. The highest BCUT2D eigenvalue weighted by atomic mass is 16.5. The maximum Gasteiger partial charge on any atom is 0.306 e. The maximum atomic E-state index is 11.2. The van der Waals surface area contributed by atoms with Crippen LogP contribution >= 0.6 is 0 Å². The van der Waals surface area contributed by atoms with Crippen LogP contribution < -0.4 is 0 Å². The van der Waals surface area contributed by atoms with Gasteiger partial charge < -0.3 is 9.84 Å². The van der Waals surface area contributed by atoms with E-state index < -0.39 is 0 Å². The summed E-state index contributed by atoms with van der Waals surface area (Å²) in [5.74, 6) is -0.225. The molecule has 3 nitrogen and oxygen atoms in total.